The normalized spacial score (nSPS) is 10.4. The number of thiophene rings is 1. The lowest BCUT2D eigenvalue weighted by Gasteiger charge is -2.14. The molecule has 0 saturated carbocycles. The third-order valence-electron chi connectivity index (χ3n) is 23.2. The molecule has 0 aliphatic carbocycles. The molecule has 146 heavy (non-hydrogen) atoms. The second-order valence-corrected chi connectivity index (χ2v) is 36.4. The Morgan fingerprint density at radius 1 is 0.212 bits per heavy atom. The van der Waals surface area contributed by atoms with E-state index in [0.717, 1.165) is 215 Å². The van der Waals surface area contributed by atoms with E-state index in [2.05, 4.69) is 131 Å². The van der Waals surface area contributed by atoms with Crippen LogP contribution in [-0.4, -0.2) is 10.1 Å². The van der Waals surface area contributed by atoms with Gasteiger partial charge >= 0.3 is 0 Å². The fourth-order valence-corrected chi connectivity index (χ4v) is 16.1. The molecule has 0 bridgehead atoms. The van der Waals surface area contributed by atoms with Gasteiger partial charge < -0.3 is 142 Å². The molecule has 0 aliphatic heterocycles. The number of rotatable bonds is 36. The maximum atomic E-state index is 10.6. The lowest BCUT2D eigenvalue weighted by molar-refractivity contribution is 0.462. The third kappa shape index (κ3) is 35.9. The van der Waals surface area contributed by atoms with Crippen molar-refractivity contribution >= 4 is 148 Å². The zero-order chi connectivity index (χ0) is 103. The summed E-state index contributed by atoms with van der Waals surface area (Å²) < 4.78 is 5.80. The predicted molar refractivity (Wildman–Crippen MR) is 621 cm³/mol. The molecule has 37 N–H and O–H groups in total. The number of furan rings is 1. The Morgan fingerprint density at radius 2 is 0.411 bits per heavy atom. The first-order valence-corrected chi connectivity index (χ1v) is 48.8. The number of nitrogens with zero attached hydrogens (tertiary/aromatic N) is 1. The lowest BCUT2D eigenvalue weighted by atomic mass is 10.0. The van der Waals surface area contributed by atoms with Crippen LogP contribution < -0.4 is 133 Å². The SMILES string of the molecule is Cc1cc(CNc2ccc(N)cc2)c(O)c(CNc2ccc(N)cc2)c1.Cc1sc(C)c(CNc2ccc(N)cc2)c1CNc1ccc(N)cc1.Nc1ccc(NCc2ccc(CNc3ccc(N)cc3)cc2)cc1.Nc1ccc(NCc2ccc(CNc3ccc(N)cc3)o2)cc1.Nc1ccc(NCc2cccc(CNc3ccc(N)cc3)c2)cc1.Nc1ccc(NCc2cccc(CNc3ccc(N)cc3)n2)cc1. The van der Waals surface area contributed by atoms with E-state index >= 15 is 0 Å². The molecule has 0 radical (unpaired) electrons. The van der Waals surface area contributed by atoms with Crippen molar-refractivity contribution in [2.24, 2.45) is 0 Å². The number of aryl methyl sites for hydroxylation is 3. The smallest absolute Gasteiger partial charge is 0.125 e. The van der Waals surface area contributed by atoms with Gasteiger partial charge in [0.2, 0.25) is 0 Å². The van der Waals surface area contributed by atoms with Gasteiger partial charge in [-0.2, -0.15) is 0 Å². The van der Waals surface area contributed by atoms with Crippen LogP contribution in [0.3, 0.4) is 0 Å². The summed E-state index contributed by atoms with van der Waals surface area (Å²) in [7, 11) is 0. The standard InChI is InChI=1S/C21H24N4O.C20H24N4S.2C20H22N4.C19H21N5.C18H20N4O/c1-14-10-15(12-24-19-6-2-17(22)3-7-19)21(26)16(11-14)13-25-20-8-4-18(23)5-9-20;1-13-19(11-23-17-7-3-15(21)4-8-17)20(14(2)25-13)12-24-18-9-5-16(22)6-10-18;21-17-5-9-19(10-6-17)23-13-15-1-2-16(4-3-15)14-24-20-11-7-18(22)8-12-20;21-17-4-8-19(9-5-17)23-13-15-2-1-3-16(12-15)14-24-20-10-6-18(22)7-11-20;20-14-4-8-16(9-5-14)22-12-18-2-1-3-19(24-18)13-23-17-10-6-15(21)7-11-17;19-13-1-5-15(6-2-13)21-11-17-9-10-18(23-17)12-22-16-7-3-14(20)4-8-16/h2-11,24-26H,12-13,22-23H2,1H3;3-10,23-24H,11-12,21-22H2,1-2H3;2*1-12,23-24H,13-14,21-22H2;1-11,22-23H,12-13,20-21H2;1-10,21-22H,11-12,19-20H2. The summed E-state index contributed by atoms with van der Waals surface area (Å²) in [5, 5.41) is 51.1. The first-order valence-electron chi connectivity index (χ1n) is 48.0. The highest BCUT2D eigenvalue weighted by Crippen LogP contribution is 2.32. The molecular formula is C118H133N25O2S. The number of phenols is 1. The fourth-order valence-electron chi connectivity index (χ4n) is 15.0. The van der Waals surface area contributed by atoms with Gasteiger partial charge in [-0.1, -0.05) is 72.3 Å². The number of aromatic nitrogens is 1. The van der Waals surface area contributed by atoms with Crippen LogP contribution >= 0.6 is 11.3 Å². The number of aromatic hydroxyl groups is 1. The summed E-state index contributed by atoms with van der Waals surface area (Å²) in [4.78, 5) is 7.38. The van der Waals surface area contributed by atoms with E-state index in [1.807, 2.05) is 352 Å². The first kappa shape index (κ1) is 105. The minimum absolute atomic E-state index is 0.307. The molecule has 0 saturated heterocycles. The van der Waals surface area contributed by atoms with Crippen LogP contribution in [0.25, 0.3) is 0 Å². The van der Waals surface area contributed by atoms with E-state index in [-0.39, 0.29) is 0 Å². The fraction of sp³-hybridized carbons (Fsp3) is 0.127. The maximum absolute atomic E-state index is 10.6. The summed E-state index contributed by atoms with van der Waals surface area (Å²) in [5.41, 5.74) is 102. The van der Waals surface area contributed by atoms with Gasteiger partial charge in [0, 0.05) is 210 Å². The predicted octanol–water partition coefficient (Wildman–Crippen LogP) is 24.1. The summed E-state index contributed by atoms with van der Waals surface area (Å²) in [5.74, 6) is 2.08. The van der Waals surface area contributed by atoms with Gasteiger partial charge in [0.1, 0.15) is 17.3 Å². The second kappa shape index (κ2) is 54.3. The van der Waals surface area contributed by atoms with Gasteiger partial charge in [-0.05, 0) is 370 Å². The lowest BCUT2D eigenvalue weighted by Crippen LogP contribution is -2.07. The molecular weight excluding hydrogens is 1830 g/mol. The highest BCUT2D eigenvalue weighted by molar-refractivity contribution is 7.12. The molecule has 0 aliphatic rings. The van der Waals surface area contributed by atoms with E-state index in [9.17, 15) is 5.11 Å². The van der Waals surface area contributed by atoms with Gasteiger partial charge in [0.05, 0.1) is 37.6 Å². The second-order valence-electron chi connectivity index (χ2n) is 34.9. The van der Waals surface area contributed by atoms with Crippen LogP contribution in [0.2, 0.25) is 0 Å². The van der Waals surface area contributed by atoms with Crippen LogP contribution in [0.4, 0.5) is 136 Å². The number of nitrogens with two attached hydrogens (primary N) is 12. The molecule has 28 heteroatoms. The van der Waals surface area contributed by atoms with Crippen molar-refractivity contribution in [1.82, 2.24) is 4.98 Å². The van der Waals surface area contributed by atoms with Gasteiger partial charge in [0.25, 0.3) is 0 Å². The number of benzene rings is 15. The van der Waals surface area contributed by atoms with Gasteiger partial charge in [-0.15, -0.1) is 11.3 Å². The topological polar surface area (TPSA) is 503 Å². The Hall–Kier alpha value is -18.6. The number of anilines is 24. The van der Waals surface area contributed by atoms with Crippen LogP contribution in [0.15, 0.2) is 387 Å². The largest absolute Gasteiger partial charge is 0.507 e. The minimum Gasteiger partial charge on any atom is -0.507 e. The molecule has 0 fully saturated rings. The van der Waals surface area contributed by atoms with Crippen LogP contribution in [0.5, 0.6) is 5.75 Å². The molecule has 0 amide bonds. The quantitative estimate of drug-likeness (QED) is 0.0162. The Balaban J connectivity index is 0.000000147. The van der Waals surface area contributed by atoms with Crippen LogP contribution in [0, 0.1) is 20.8 Å². The monoisotopic (exact) mass is 1960 g/mol. The molecule has 15 aromatic carbocycles. The van der Waals surface area contributed by atoms with Crippen LogP contribution in [-0.2, 0) is 78.5 Å². The van der Waals surface area contributed by atoms with Crippen LogP contribution in [0.1, 0.15) is 82.7 Å². The summed E-state index contributed by atoms with van der Waals surface area (Å²) in [6.45, 7) is 14.8. The van der Waals surface area contributed by atoms with Crippen molar-refractivity contribution in [2.75, 3.05) is 133 Å². The Labute approximate surface area is 859 Å². The average Bonchev–Trinajstić information content (AvgIpc) is 1.70. The minimum atomic E-state index is 0.307. The number of hydrogen-bond acceptors (Lipinski definition) is 28. The number of phenolic OH excluding ortho intramolecular Hbond substituents is 1. The van der Waals surface area contributed by atoms with Gasteiger partial charge in [0.15, 0.2) is 0 Å². The number of pyridine rings is 1. The van der Waals surface area contributed by atoms with Crippen molar-refractivity contribution in [3.63, 3.8) is 0 Å². The molecule has 18 rings (SSSR count). The van der Waals surface area contributed by atoms with E-state index in [1.165, 1.54) is 43.1 Å². The van der Waals surface area contributed by atoms with E-state index < -0.39 is 0 Å². The highest BCUT2D eigenvalue weighted by Gasteiger charge is 2.16. The van der Waals surface area contributed by atoms with Crippen molar-refractivity contribution in [3.8, 4) is 5.75 Å². The number of hydrogen-bond donors (Lipinski definition) is 25. The summed E-state index contributed by atoms with van der Waals surface area (Å²) >= 11 is 1.85. The van der Waals surface area contributed by atoms with Gasteiger partial charge in [-0.3, -0.25) is 4.98 Å². The zero-order valence-electron chi connectivity index (χ0n) is 82.5. The molecule has 748 valence electrons. The van der Waals surface area contributed by atoms with E-state index in [1.54, 1.807) is 0 Å². The number of nitrogen functional groups attached to an aromatic ring is 12. The van der Waals surface area contributed by atoms with E-state index in [4.69, 9.17) is 73.2 Å². The Bertz CT molecular complexity index is 6430. The summed E-state index contributed by atoms with van der Waals surface area (Å²) in [6.07, 6.45) is 0. The Morgan fingerprint density at radius 3 is 0.651 bits per heavy atom. The summed E-state index contributed by atoms with van der Waals surface area (Å²) in [6, 6.07) is 124. The molecule has 18 aromatic rings. The van der Waals surface area contributed by atoms with Crippen molar-refractivity contribution in [1.29, 1.82) is 0 Å². The molecule has 27 nitrogen and oxygen atoms in total. The molecule has 0 unspecified atom stereocenters. The van der Waals surface area contributed by atoms with Crippen molar-refractivity contribution in [3.05, 3.63) is 465 Å². The van der Waals surface area contributed by atoms with E-state index in [0.29, 0.717) is 45.0 Å². The molecule has 0 spiro atoms. The first-order chi connectivity index (χ1) is 70.8. The third-order valence-corrected chi connectivity index (χ3v) is 24.3. The molecule has 3 heterocycles. The zero-order valence-corrected chi connectivity index (χ0v) is 83.3. The van der Waals surface area contributed by atoms with Crippen molar-refractivity contribution in [2.45, 2.75) is 99.3 Å². The maximum Gasteiger partial charge on any atom is 0.125 e. The highest BCUT2D eigenvalue weighted by atomic mass is 32.1. The number of nitrogens with one attached hydrogen (secondary N) is 12. The Kier molecular flexibility index (Phi) is 39.0. The molecule has 3 aromatic heterocycles. The van der Waals surface area contributed by atoms with Gasteiger partial charge in [-0.25, -0.2) is 0 Å². The van der Waals surface area contributed by atoms with Crippen molar-refractivity contribution < 1.29 is 9.52 Å². The molecule has 0 atom stereocenters. The average molecular weight is 1970 g/mol.